The summed E-state index contributed by atoms with van der Waals surface area (Å²) in [5.74, 6) is 0.0377. The Kier molecular flexibility index (Phi) is 4.57. The molecule has 19 heavy (non-hydrogen) atoms. The Hall–Kier alpha value is -1.82. The zero-order valence-electron chi connectivity index (χ0n) is 11.4. The largest absolute Gasteiger partial charge is 0.344 e. The number of benzene rings is 1. The fraction of sp³-hybridized carbons (Fsp3) is 0.500. The van der Waals surface area contributed by atoms with Crippen molar-refractivity contribution in [3.63, 3.8) is 0 Å². The van der Waals surface area contributed by atoms with Crippen LogP contribution in [0, 0.1) is 23.2 Å². The SMILES string of the molecule is CN(CC1CCC1)C(=O)C(C#N)Cc1ccccc1. The summed E-state index contributed by atoms with van der Waals surface area (Å²) >= 11 is 0. The van der Waals surface area contributed by atoms with Gasteiger partial charge in [0, 0.05) is 13.6 Å². The topological polar surface area (TPSA) is 44.1 Å². The van der Waals surface area contributed by atoms with E-state index >= 15 is 0 Å². The Morgan fingerprint density at radius 1 is 1.42 bits per heavy atom. The highest BCUT2D eigenvalue weighted by molar-refractivity contribution is 5.81. The number of carbonyl (C=O) groups excluding carboxylic acids is 1. The normalized spacial score (nSPS) is 16.2. The predicted molar refractivity (Wildman–Crippen MR) is 74.2 cm³/mol. The summed E-state index contributed by atoms with van der Waals surface area (Å²) in [5.41, 5.74) is 1.04. The van der Waals surface area contributed by atoms with E-state index in [9.17, 15) is 10.1 Å². The minimum Gasteiger partial charge on any atom is -0.344 e. The number of carbonyl (C=O) groups is 1. The molecule has 1 aromatic rings. The third-order valence-corrected chi connectivity index (χ3v) is 3.87. The lowest BCUT2D eigenvalue weighted by Gasteiger charge is -2.31. The van der Waals surface area contributed by atoms with E-state index in [1.165, 1.54) is 19.3 Å². The van der Waals surface area contributed by atoms with Gasteiger partial charge in [-0.15, -0.1) is 0 Å². The summed E-state index contributed by atoms with van der Waals surface area (Å²) in [7, 11) is 1.82. The highest BCUT2D eigenvalue weighted by Gasteiger charge is 2.26. The van der Waals surface area contributed by atoms with Gasteiger partial charge in [0.25, 0.3) is 0 Å². The first-order valence-electron chi connectivity index (χ1n) is 6.89. The fourth-order valence-electron chi connectivity index (χ4n) is 2.46. The monoisotopic (exact) mass is 256 g/mol. The van der Waals surface area contributed by atoms with Gasteiger partial charge >= 0.3 is 0 Å². The van der Waals surface area contributed by atoms with Crippen LogP contribution in [0.4, 0.5) is 0 Å². The second-order valence-electron chi connectivity index (χ2n) is 5.39. The van der Waals surface area contributed by atoms with Gasteiger partial charge in [-0.2, -0.15) is 5.26 Å². The molecule has 1 fully saturated rings. The summed E-state index contributed by atoms with van der Waals surface area (Å²) in [5, 5.41) is 9.21. The van der Waals surface area contributed by atoms with Crippen molar-refractivity contribution in [3.8, 4) is 6.07 Å². The first-order valence-corrected chi connectivity index (χ1v) is 6.89. The van der Waals surface area contributed by atoms with E-state index in [-0.39, 0.29) is 5.91 Å². The van der Waals surface area contributed by atoms with E-state index in [1.54, 1.807) is 4.90 Å². The number of rotatable bonds is 5. The van der Waals surface area contributed by atoms with Crippen molar-refractivity contribution in [2.45, 2.75) is 25.7 Å². The maximum atomic E-state index is 12.3. The second-order valence-corrected chi connectivity index (χ2v) is 5.39. The fourth-order valence-corrected chi connectivity index (χ4v) is 2.46. The molecular formula is C16H20N2O. The summed E-state index contributed by atoms with van der Waals surface area (Å²) in [6.07, 6.45) is 4.21. The van der Waals surface area contributed by atoms with E-state index in [0.717, 1.165) is 12.1 Å². The van der Waals surface area contributed by atoms with E-state index in [1.807, 2.05) is 37.4 Å². The van der Waals surface area contributed by atoms with Gasteiger partial charge in [0.15, 0.2) is 0 Å². The van der Waals surface area contributed by atoms with Crippen molar-refractivity contribution in [2.24, 2.45) is 11.8 Å². The first kappa shape index (κ1) is 13.6. The van der Waals surface area contributed by atoms with Crippen molar-refractivity contribution in [2.75, 3.05) is 13.6 Å². The number of nitrogens with zero attached hydrogens (tertiary/aromatic N) is 2. The van der Waals surface area contributed by atoms with E-state index < -0.39 is 5.92 Å². The number of hydrogen-bond donors (Lipinski definition) is 0. The Bertz CT molecular complexity index is 459. The Morgan fingerprint density at radius 3 is 2.63 bits per heavy atom. The van der Waals surface area contributed by atoms with Gasteiger partial charge in [-0.1, -0.05) is 36.8 Å². The maximum absolute atomic E-state index is 12.3. The van der Waals surface area contributed by atoms with Crippen molar-refractivity contribution in [1.82, 2.24) is 4.90 Å². The molecule has 3 nitrogen and oxygen atoms in total. The zero-order valence-corrected chi connectivity index (χ0v) is 11.4. The quantitative estimate of drug-likeness (QED) is 0.813. The van der Waals surface area contributed by atoms with Crippen molar-refractivity contribution >= 4 is 5.91 Å². The van der Waals surface area contributed by atoms with Crippen LogP contribution in [0.15, 0.2) is 30.3 Å². The highest BCUT2D eigenvalue weighted by atomic mass is 16.2. The van der Waals surface area contributed by atoms with Crippen LogP contribution in [0.1, 0.15) is 24.8 Å². The zero-order chi connectivity index (χ0) is 13.7. The average molecular weight is 256 g/mol. The number of amides is 1. The molecule has 0 heterocycles. The van der Waals surface area contributed by atoms with Crippen LogP contribution in [-0.2, 0) is 11.2 Å². The molecule has 0 aromatic heterocycles. The van der Waals surface area contributed by atoms with Crippen LogP contribution in [0.3, 0.4) is 0 Å². The molecule has 1 atom stereocenters. The molecule has 3 heteroatoms. The molecule has 0 saturated heterocycles. The molecule has 1 aromatic carbocycles. The van der Waals surface area contributed by atoms with Crippen LogP contribution in [-0.4, -0.2) is 24.4 Å². The molecule has 1 aliphatic carbocycles. The molecule has 0 spiro atoms. The maximum Gasteiger partial charge on any atom is 0.240 e. The van der Waals surface area contributed by atoms with Crippen molar-refractivity contribution < 1.29 is 4.79 Å². The van der Waals surface area contributed by atoms with Gasteiger partial charge in [0.05, 0.1) is 6.07 Å². The van der Waals surface area contributed by atoms with Crippen LogP contribution >= 0.6 is 0 Å². The molecule has 0 radical (unpaired) electrons. The Labute approximate surface area is 114 Å². The lowest BCUT2D eigenvalue weighted by molar-refractivity contribution is -0.133. The molecule has 0 aliphatic heterocycles. The third-order valence-electron chi connectivity index (χ3n) is 3.87. The van der Waals surface area contributed by atoms with Crippen LogP contribution in [0.5, 0.6) is 0 Å². The van der Waals surface area contributed by atoms with Gasteiger partial charge in [-0.25, -0.2) is 0 Å². The van der Waals surface area contributed by atoms with Crippen molar-refractivity contribution in [1.29, 1.82) is 5.26 Å². The van der Waals surface area contributed by atoms with Gasteiger partial charge in [0.2, 0.25) is 5.91 Å². The summed E-state index contributed by atoms with van der Waals surface area (Å²) in [6, 6.07) is 11.9. The molecule has 2 rings (SSSR count). The molecule has 0 N–H and O–H groups in total. The molecule has 0 bridgehead atoms. The standard InChI is InChI=1S/C16H20N2O/c1-18(12-14-8-5-9-14)16(19)15(11-17)10-13-6-3-2-4-7-13/h2-4,6-7,14-15H,5,8-10,12H2,1H3. The average Bonchev–Trinajstić information content (AvgIpc) is 2.40. The van der Waals surface area contributed by atoms with E-state index in [2.05, 4.69) is 6.07 Å². The smallest absolute Gasteiger partial charge is 0.240 e. The Morgan fingerprint density at radius 2 is 2.11 bits per heavy atom. The van der Waals surface area contributed by atoms with Gasteiger partial charge in [0.1, 0.15) is 5.92 Å². The van der Waals surface area contributed by atoms with Gasteiger partial charge in [-0.05, 0) is 30.7 Å². The lowest BCUT2D eigenvalue weighted by atomic mass is 9.85. The van der Waals surface area contributed by atoms with Crippen molar-refractivity contribution in [3.05, 3.63) is 35.9 Å². The second kappa shape index (κ2) is 6.38. The van der Waals surface area contributed by atoms with Crippen LogP contribution in [0.2, 0.25) is 0 Å². The van der Waals surface area contributed by atoms with E-state index in [4.69, 9.17) is 0 Å². The minimum absolute atomic E-state index is 0.0433. The summed E-state index contributed by atoms with van der Waals surface area (Å²) < 4.78 is 0. The summed E-state index contributed by atoms with van der Waals surface area (Å²) in [4.78, 5) is 14.0. The molecule has 1 saturated carbocycles. The molecule has 1 amide bonds. The number of nitriles is 1. The Balaban J connectivity index is 1.92. The summed E-state index contributed by atoms with van der Waals surface area (Å²) in [6.45, 7) is 0.797. The molecule has 100 valence electrons. The van der Waals surface area contributed by atoms with E-state index in [0.29, 0.717) is 12.3 Å². The molecule has 1 aliphatic rings. The minimum atomic E-state index is -0.563. The molecule has 1 unspecified atom stereocenters. The third kappa shape index (κ3) is 3.57. The number of hydrogen-bond acceptors (Lipinski definition) is 2. The predicted octanol–water partition coefficient (Wildman–Crippen LogP) is 2.63. The molecular weight excluding hydrogens is 236 g/mol. The van der Waals surface area contributed by atoms with Crippen LogP contribution in [0.25, 0.3) is 0 Å². The van der Waals surface area contributed by atoms with Crippen LogP contribution < -0.4 is 0 Å². The lowest BCUT2D eigenvalue weighted by Crippen LogP contribution is -2.38. The first-order chi connectivity index (χ1) is 9.20. The van der Waals surface area contributed by atoms with Gasteiger partial charge < -0.3 is 4.90 Å². The van der Waals surface area contributed by atoms with Gasteiger partial charge in [-0.3, -0.25) is 4.79 Å². The highest BCUT2D eigenvalue weighted by Crippen LogP contribution is 2.27.